The van der Waals surface area contributed by atoms with E-state index < -0.39 is 0 Å². The summed E-state index contributed by atoms with van der Waals surface area (Å²) in [6, 6.07) is 3.94. The molecule has 2 aromatic rings. The van der Waals surface area contributed by atoms with Crippen LogP contribution in [-0.2, 0) is 0 Å². The summed E-state index contributed by atoms with van der Waals surface area (Å²) < 4.78 is 0. The molecule has 84 valence electrons. The highest BCUT2D eigenvalue weighted by molar-refractivity contribution is 6.28. The summed E-state index contributed by atoms with van der Waals surface area (Å²) >= 11 is 5.76. The van der Waals surface area contributed by atoms with Gasteiger partial charge in [0.2, 0.25) is 5.28 Å². The van der Waals surface area contributed by atoms with Gasteiger partial charge in [0.1, 0.15) is 18.9 Å². The summed E-state index contributed by atoms with van der Waals surface area (Å²) in [5, 5.41) is 24.6. The lowest BCUT2D eigenvalue weighted by Crippen LogP contribution is -2.25. The minimum atomic E-state index is 0.0395. The Morgan fingerprint density at radius 1 is 1.29 bits per heavy atom. The van der Waals surface area contributed by atoms with Crippen molar-refractivity contribution in [3.8, 4) is 12.1 Å². The summed E-state index contributed by atoms with van der Waals surface area (Å²) in [6.07, 6.45) is 1.53. The van der Waals surface area contributed by atoms with Crippen molar-refractivity contribution in [3.05, 3.63) is 11.5 Å². The number of rotatable bonds is 3. The summed E-state index contributed by atoms with van der Waals surface area (Å²) in [4.78, 5) is 9.48. The summed E-state index contributed by atoms with van der Waals surface area (Å²) in [5.74, 6) is 0.428. The Balaban J connectivity index is 2.56. The van der Waals surface area contributed by atoms with Gasteiger partial charge in [0, 0.05) is 0 Å². The molecule has 2 rings (SSSR count). The van der Waals surface area contributed by atoms with E-state index in [9.17, 15) is 0 Å². The number of hydrogen-bond donors (Lipinski definition) is 1. The summed E-state index contributed by atoms with van der Waals surface area (Å²) in [6.45, 7) is 0.0857. The molecule has 8 heteroatoms. The van der Waals surface area contributed by atoms with Crippen molar-refractivity contribution >= 4 is 28.5 Å². The van der Waals surface area contributed by atoms with E-state index in [1.165, 1.54) is 11.1 Å². The van der Waals surface area contributed by atoms with Crippen molar-refractivity contribution in [2.45, 2.75) is 0 Å². The van der Waals surface area contributed by atoms with E-state index in [0.29, 0.717) is 16.9 Å². The molecule has 0 aliphatic heterocycles. The Bertz CT molecular complexity index is 604. The molecule has 2 heterocycles. The maximum Gasteiger partial charge on any atom is 0.226 e. The van der Waals surface area contributed by atoms with E-state index in [0.717, 1.165) is 0 Å². The van der Waals surface area contributed by atoms with Crippen molar-refractivity contribution in [2.75, 3.05) is 18.0 Å². The minimum absolute atomic E-state index is 0.0395. The van der Waals surface area contributed by atoms with E-state index >= 15 is 0 Å². The van der Waals surface area contributed by atoms with Crippen molar-refractivity contribution in [1.29, 1.82) is 10.5 Å². The highest BCUT2D eigenvalue weighted by atomic mass is 35.5. The molecule has 0 spiro atoms. The Hall–Kier alpha value is -2.38. The highest BCUT2D eigenvalue weighted by Gasteiger charge is 2.14. The molecule has 0 aliphatic carbocycles. The van der Waals surface area contributed by atoms with Gasteiger partial charge in [0.25, 0.3) is 0 Å². The van der Waals surface area contributed by atoms with Crippen LogP contribution in [0.4, 0.5) is 5.82 Å². The zero-order chi connectivity index (χ0) is 12.3. The standard InChI is InChI=1S/C9H6ClN7/c10-9-14-7-6(5-13-16-7)8(15-9)17(3-1-11)4-2-12/h5H,3-4H2,(H,13,14,15,16). The number of nitriles is 2. The number of aromatic amines is 1. The number of hydrogen-bond acceptors (Lipinski definition) is 6. The monoisotopic (exact) mass is 247 g/mol. The zero-order valence-corrected chi connectivity index (χ0v) is 9.31. The van der Waals surface area contributed by atoms with Crippen LogP contribution < -0.4 is 4.90 Å². The van der Waals surface area contributed by atoms with Gasteiger partial charge in [-0.15, -0.1) is 0 Å². The lowest BCUT2D eigenvalue weighted by Gasteiger charge is -2.17. The predicted octanol–water partition coefficient (Wildman–Crippen LogP) is 0.860. The van der Waals surface area contributed by atoms with Gasteiger partial charge in [-0.25, -0.2) is 0 Å². The average Bonchev–Trinajstić information content (AvgIpc) is 2.75. The van der Waals surface area contributed by atoms with Crippen molar-refractivity contribution in [1.82, 2.24) is 20.2 Å². The van der Waals surface area contributed by atoms with Crippen LogP contribution in [0.2, 0.25) is 5.28 Å². The minimum Gasteiger partial charge on any atom is -0.329 e. The van der Waals surface area contributed by atoms with Crippen LogP contribution in [-0.4, -0.2) is 33.3 Å². The second kappa shape index (κ2) is 4.64. The Kier molecular flexibility index (Phi) is 3.03. The van der Waals surface area contributed by atoms with Crippen molar-refractivity contribution in [3.63, 3.8) is 0 Å². The van der Waals surface area contributed by atoms with Gasteiger partial charge < -0.3 is 4.90 Å². The average molecular weight is 248 g/mol. The van der Waals surface area contributed by atoms with Crippen LogP contribution in [0.1, 0.15) is 0 Å². The molecule has 1 N–H and O–H groups in total. The molecular formula is C9H6ClN7. The van der Waals surface area contributed by atoms with Crippen LogP contribution in [0, 0.1) is 22.7 Å². The lowest BCUT2D eigenvalue weighted by atomic mass is 10.3. The predicted molar refractivity (Wildman–Crippen MR) is 60.1 cm³/mol. The van der Waals surface area contributed by atoms with Crippen LogP contribution >= 0.6 is 11.6 Å². The molecule has 7 nitrogen and oxygen atoms in total. The second-order valence-electron chi connectivity index (χ2n) is 3.12. The molecule has 0 atom stereocenters. The van der Waals surface area contributed by atoms with Crippen molar-refractivity contribution in [2.24, 2.45) is 0 Å². The van der Waals surface area contributed by atoms with Crippen molar-refractivity contribution < 1.29 is 0 Å². The number of nitrogens with one attached hydrogen (secondary N) is 1. The Labute approximate surface area is 101 Å². The van der Waals surface area contributed by atoms with Crippen LogP contribution in [0.25, 0.3) is 11.0 Å². The van der Waals surface area contributed by atoms with Gasteiger partial charge >= 0.3 is 0 Å². The highest BCUT2D eigenvalue weighted by Crippen LogP contribution is 2.23. The number of aromatic nitrogens is 4. The van der Waals surface area contributed by atoms with Gasteiger partial charge in [-0.2, -0.15) is 25.6 Å². The maximum atomic E-state index is 8.72. The third-order valence-electron chi connectivity index (χ3n) is 2.09. The van der Waals surface area contributed by atoms with Gasteiger partial charge in [0.05, 0.1) is 23.7 Å². The summed E-state index contributed by atoms with van der Waals surface area (Å²) in [5.41, 5.74) is 0.473. The quantitative estimate of drug-likeness (QED) is 0.637. The van der Waals surface area contributed by atoms with Gasteiger partial charge in [-0.05, 0) is 11.6 Å². The van der Waals surface area contributed by atoms with Gasteiger partial charge in [-0.3, -0.25) is 5.10 Å². The largest absolute Gasteiger partial charge is 0.329 e. The third-order valence-corrected chi connectivity index (χ3v) is 2.25. The molecule has 0 aliphatic rings. The zero-order valence-electron chi connectivity index (χ0n) is 8.55. The van der Waals surface area contributed by atoms with E-state index in [1.54, 1.807) is 0 Å². The SMILES string of the molecule is N#CCN(CC#N)c1nc(Cl)nc2[nH]ncc12. The molecule has 0 saturated heterocycles. The first-order valence-electron chi connectivity index (χ1n) is 4.61. The molecule has 2 aromatic heterocycles. The number of anilines is 1. The van der Waals surface area contributed by atoms with E-state index in [-0.39, 0.29) is 18.4 Å². The molecule has 0 unspecified atom stereocenters. The normalized spacial score (nSPS) is 9.82. The first-order valence-corrected chi connectivity index (χ1v) is 4.99. The Morgan fingerprint density at radius 3 is 2.65 bits per heavy atom. The molecular weight excluding hydrogens is 242 g/mol. The van der Waals surface area contributed by atoms with Gasteiger partial charge in [-0.1, -0.05) is 0 Å². The smallest absolute Gasteiger partial charge is 0.226 e. The Morgan fingerprint density at radius 2 is 2.00 bits per heavy atom. The molecule has 0 aromatic carbocycles. The van der Waals surface area contributed by atoms with Crippen LogP contribution in [0.15, 0.2) is 6.20 Å². The topological polar surface area (TPSA) is 105 Å². The number of nitrogens with zero attached hydrogens (tertiary/aromatic N) is 6. The van der Waals surface area contributed by atoms with Crippen LogP contribution in [0.3, 0.4) is 0 Å². The molecule has 0 radical (unpaired) electrons. The van der Waals surface area contributed by atoms with E-state index in [1.807, 2.05) is 12.1 Å². The second-order valence-corrected chi connectivity index (χ2v) is 3.46. The number of fused-ring (bicyclic) bond motifs is 1. The third kappa shape index (κ3) is 2.10. The number of halogens is 1. The molecule has 0 bridgehead atoms. The molecule has 0 amide bonds. The fourth-order valence-corrected chi connectivity index (χ4v) is 1.58. The fourth-order valence-electron chi connectivity index (χ4n) is 1.41. The first-order chi connectivity index (χ1) is 8.26. The van der Waals surface area contributed by atoms with Crippen LogP contribution in [0.5, 0.6) is 0 Å². The molecule has 0 fully saturated rings. The lowest BCUT2D eigenvalue weighted by molar-refractivity contribution is 0.937. The van der Waals surface area contributed by atoms with E-state index in [4.69, 9.17) is 22.1 Å². The molecule has 0 saturated carbocycles. The first kappa shape index (κ1) is 11.1. The summed E-state index contributed by atoms with van der Waals surface area (Å²) in [7, 11) is 0. The molecule has 17 heavy (non-hydrogen) atoms. The number of H-pyrrole nitrogens is 1. The van der Waals surface area contributed by atoms with Gasteiger partial charge in [0.15, 0.2) is 5.65 Å². The fraction of sp³-hybridized carbons (Fsp3) is 0.222. The van der Waals surface area contributed by atoms with E-state index in [2.05, 4.69) is 20.2 Å². The maximum absolute atomic E-state index is 8.72.